The summed E-state index contributed by atoms with van der Waals surface area (Å²) in [6, 6.07) is 6.11. The van der Waals surface area contributed by atoms with Gasteiger partial charge in [0.1, 0.15) is 22.6 Å². The Labute approximate surface area is 117 Å². The second-order valence-electron chi connectivity index (χ2n) is 3.37. The molecule has 17 heavy (non-hydrogen) atoms. The van der Waals surface area contributed by atoms with E-state index in [0.29, 0.717) is 16.8 Å². The van der Waals surface area contributed by atoms with E-state index in [1.807, 2.05) is 0 Å². The maximum absolute atomic E-state index is 12.9. The van der Waals surface area contributed by atoms with E-state index in [1.54, 1.807) is 19.1 Å². The van der Waals surface area contributed by atoms with Crippen molar-refractivity contribution in [1.29, 1.82) is 0 Å². The molecule has 0 aliphatic heterocycles. The van der Waals surface area contributed by atoms with Crippen molar-refractivity contribution in [2.75, 3.05) is 5.32 Å². The van der Waals surface area contributed by atoms with Crippen LogP contribution >= 0.6 is 34.2 Å². The van der Waals surface area contributed by atoms with Gasteiger partial charge in [-0.05, 0) is 47.7 Å². The lowest BCUT2D eigenvalue weighted by molar-refractivity contribution is 0.627. The zero-order valence-corrected chi connectivity index (χ0v) is 11.8. The molecule has 0 fully saturated rings. The first-order chi connectivity index (χ1) is 8.04. The first kappa shape index (κ1) is 12.5. The highest BCUT2D eigenvalue weighted by atomic mass is 127. The molecule has 0 bridgehead atoms. The summed E-state index contributed by atoms with van der Waals surface area (Å²) < 4.78 is 13.7. The number of hydrogen-bond acceptors (Lipinski definition) is 3. The molecule has 1 aromatic carbocycles. The summed E-state index contributed by atoms with van der Waals surface area (Å²) in [5.74, 6) is 0.904. The number of halogens is 3. The summed E-state index contributed by atoms with van der Waals surface area (Å²) in [7, 11) is 0. The van der Waals surface area contributed by atoms with Crippen LogP contribution in [0.2, 0.25) is 5.15 Å². The van der Waals surface area contributed by atoms with Crippen molar-refractivity contribution in [3.63, 3.8) is 0 Å². The number of rotatable bonds is 2. The number of aryl methyl sites for hydroxylation is 1. The van der Waals surface area contributed by atoms with Crippen molar-refractivity contribution in [3.05, 3.63) is 44.6 Å². The summed E-state index contributed by atoms with van der Waals surface area (Å²) in [5.41, 5.74) is 0.779. The van der Waals surface area contributed by atoms with Crippen LogP contribution in [0.1, 0.15) is 5.82 Å². The highest BCUT2D eigenvalue weighted by Crippen LogP contribution is 2.23. The molecule has 1 aromatic heterocycles. The molecule has 0 saturated carbocycles. The Morgan fingerprint density at radius 2 is 2.06 bits per heavy atom. The average Bonchev–Trinajstić information content (AvgIpc) is 2.21. The summed E-state index contributed by atoms with van der Waals surface area (Å²) in [6.45, 7) is 1.76. The van der Waals surface area contributed by atoms with E-state index >= 15 is 0 Å². The van der Waals surface area contributed by atoms with Gasteiger partial charge >= 0.3 is 0 Å². The molecule has 0 radical (unpaired) electrons. The summed E-state index contributed by atoms with van der Waals surface area (Å²) in [4.78, 5) is 8.15. The molecule has 0 spiro atoms. The lowest BCUT2D eigenvalue weighted by Crippen LogP contribution is -1.99. The van der Waals surface area contributed by atoms with Gasteiger partial charge in [-0.3, -0.25) is 0 Å². The van der Waals surface area contributed by atoms with Gasteiger partial charge in [0.2, 0.25) is 0 Å². The summed E-state index contributed by atoms with van der Waals surface area (Å²) in [6.07, 6.45) is 0. The van der Waals surface area contributed by atoms with Gasteiger partial charge in [0.25, 0.3) is 0 Å². The van der Waals surface area contributed by atoms with E-state index in [4.69, 9.17) is 11.6 Å². The molecular formula is C11H8ClFIN3. The molecule has 1 N–H and O–H groups in total. The number of hydrogen-bond donors (Lipinski definition) is 1. The smallest absolute Gasteiger partial charge is 0.135 e. The molecular weight excluding hydrogens is 355 g/mol. The van der Waals surface area contributed by atoms with Crippen molar-refractivity contribution < 1.29 is 4.39 Å². The number of nitrogens with one attached hydrogen (secondary N) is 1. The van der Waals surface area contributed by atoms with Gasteiger partial charge in [-0.25, -0.2) is 14.4 Å². The van der Waals surface area contributed by atoms with Gasteiger partial charge in [-0.1, -0.05) is 11.6 Å². The fourth-order valence-corrected chi connectivity index (χ4v) is 2.16. The first-order valence-electron chi connectivity index (χ1n) is 4.78. The van der Waals surface area contributed by atoms with Gasteiger partial charge in [0, 0.05) is 9.64 Å². The highest BCUT2D eigenvalue weighted by Gasteiger charge is 2.04. The summed E-state index contributed by atoms with van der Waals surface area (Å²) in [5, 5.41) is 3.44. The Balaban J connectivity index is 2.31. The van der Waals surface area contributed by atoms with Crippen LogP contribution in [0.25, 0.3) is 0 Å². The Hall–Kier alpha value is -0.950. The number of benzene rings is 1. The second kappa shape index (κ2) is 5.14. The van der Waals surface area contributed by atoms with Crippen molar-refractivity contribution in [1.82, 2.24) is 9.97 Å². The minimum atomic E-state index is -0.267. The molecule has 1 heterocycles. The predicted molar refractivity (Wildman–Crippen MR) is 74.2 cm³/mol. The molecule has 0 saturated heterocycles. The SMILES string of the molecule is Cc1nc(Cl)cc(Nc2ccc(F)cc2I)n1. The monoisotopic (exact) mass is 363 g/mol. The predicted octanol–water partition coefficient (Wildman–Crippen LogP) is 3.93. The van der Waals surface area contributed by atoms with Crippen LogP contribution in [0.5, 0.6) is 0 Å². The minimum Gasteiger partial charge on any atom is -0.339 e. The maximum Gasteiger partial charge on any atom is 0.135 e. The van der Waals surface area contributed by atoms with E-state index in [2.05, 4.69) is 37.9 Å². The fraction of sp³-hybridized carbons (Fsp3) is 0.0909. The third-order valence-electron chi connectivity index (χ3n) is 2.00. The first-order valence-corrected chi connectivity index (χ1v) is 6.23. The zero-order valence-electron chi connectivity index (χ0n) is 8.84. The Morgan fingerprint density at radius 1 is 1.29 bits per heavy atom. The molecule has 0 aliphatic carbocycles. The highest BCUT2D eigenvalue weighted by molar-refractivity contribution is 14.1. The van der Waals surface area contributed by atoms with E-state index in [0.717, 1.165) is 9.26 Å². The quantitative estimate of drug-likeness (QED) is 0.649. The van der Waals surface area contributed by atoms with Crippen LogP contribution in [0.15, 0.2) is 24.3 Å². The number of aromatic nitrogens is 2. The van der Waals surface area contributed by atoms with Crippen LogP contribution in [-0.2, 0) is 0 Å². The van der Waals surface area contributed by atoms with Gasteiger partial charge < -0.3 is 5.32 Å². The zero-order chi connectivity index (χ0) is 12.4. The van der Waals surface area contributed by atoms with Crippen molar-refractivity contribution in [2.45, 2.75) is 6.92 Å². The van der Waals surface area contributed by atoms with Crippen LogP contribution in [0, 0.1) is 16.3 Å². The molecule has 0 unspecified atom stereocenters. The molecule has 0 atom stereocenters. The average molecular weight is 364 g/mol. The lowest BCUT2D eigenvalue weighted by atomic mass is 10.3. The Morgan fingerprint density at radius 3 is 2.71 bits per heavy atom. The maximum atomic E-state index is 12.9. The van der Waals surface area contributed by atoms with Crippen molar-refractivity contribution in [3.8, 4) is 0 Å². The molecule has 0 amide bonds. The lowest BCUT2D eigenvalue weighted by Gasteiger charge is -2.08. The fourth-order valence-electron chi connectivity index (χ4n) is 1.32. The summed E-state index contributed by atoms with van der Waals surface area (Å²) >= 11 is 7.88. The van der Waals surface area contributed by atoms with Crippen LogP contribution in [-0.4, -0.2) is 9.97 Å². The Kier molecular flexibility index (Phi) is 3.78. The molecule has 0 aliphatic rings. The van der Waals surface area contributed by atoms with Crippen LogP contribution in [0.4, 0.5) is 15.9 Å². The van der Waals surface area contributed by atoms with Crippen molar-refractivity contribution in [2.24, 2.45) is 0 Å². The molecule has 6 heteroatoms. The number of anilines is 2. The topological polar surface area (TPSA) is 37.8 Å². The van der Waals surface area contributed by atoms with E-state index in [9.17, 15) is 4.39 Å². The van der Waals surface area contributed by atoms with Gasteiger partial charge in [-0.2, -0.15) is 0 Å². The molecule has 2 rings (SSSR count). The van der Waals surface area contributed by atoms with E-state index in [1.165, 1.54) is 12.1 Å². The van der Waals surface area contributed by atoms with E-state index in [-0.39, 0.29) is 5.82 Å². The minimum absolute atomic E-state index is 0.267. The standard InChI is InChI=1S/C11H8ClFIN3/c1-6-15-10(12)5-11(16-6)17-9-3-2-7(13)4-8(9)14/h2-5H,1H3,(H,15,16,17). The van der Waals surface area contributed by atoms with Gasteiger partial charge in [0.15, 0.2) is 0 Å². The normalized spacial score (nSPS) is 10.4. The van der Waals surface area contributed by atoms with Gasteiger partial charge in [-0.15, -0.1) is 0 Å². The molecule has 88 valence electrons. The van der Waals surface area contributed by atoms with Crippen LogP contribution < -0.4 is 5.32 Å². The largest absolute Gasteiger partial charge is 0.339 e. The third-order valence-corrected chi connectivity index (χ3v) is 3.09. The molecule has 2 aromatic rings. The van der Waals surface area contributed by atoms with Crippen LogP contribution in [0.3, 0.4) is 0 Å². The van der Waals surface area contributed by atoms with Crippen molar-refractivity contribution >= 4 is 45.7 Å². The third kappa shape index (κ3) is 3.26. The second-order valence-corrected chi connectivity index (χ2v) is 4.92. The Bertz CT molecular complexity index is 542. The molecule has 3 nitrogen and oxygen atoms in total. The van der Waals surface area contributed by atoms with E-state index < -0.39 is 0 Å². The number of nitrogens with zero attached hydrogens (tertiary/aromatic N) is 2. The van der Waals surface area contributed by atoms with Gasteiger partial charge in [0.05, 0.1) is 5.69 Å².